The molecule has 0 amide bonds. The second kappa shape index (κ2) is 15.1. The van der Waals surface area contributed by atoms with Gasteiger partial charge in [0, 0.05) is 33.4 Å². The lowest BCUT2D eigenvalue weighted by Gasteiger charge is -2.34. The molecule has 0 aliphatic heterocycles. The van der Waals surface area contributed by atoms with E-state index < -0.39 is 5.41 Å². The van der Waals surface area contributed by atoms with Crippen molar-refractivity contribution in [1.82, 2.24) is 4.57 Å². The van der Waals surface area contributed by atoms with Crippen molar-refractivity contribution in [2.24, 2.45) is 0 Å². The minimum atomic E-state index is -0.497. The molecule has 2 nitrogen and oxygen atoms in total. The van der Waals surface area contributed by atoms with Crippen LogP contribution in [0.15, 0.2) is 255 Å². The van der Waals surface area contributed by atoms with E-state index in [1.165, 1.54) is 77.6 Å². The summed E-state index contributed by atoms with van der Waals surface area (Å²) in [6.07, 6.45) is 0. The van der Waals surface area contributed by atoms with Crippen LogP contribution in [0.3, 0.4) is 0 Å². The van der Waals surface area contributed by atoms with Gasteiger partial charge in [0.1, 0.15) is 0 Å². The summed E-state index contributed by atoms with van der Waals surface area (Å²) in [5.41, 5.74) is 18.7. The van der Waals surface area contributed by atoms with E-state index in [1.54, 1.807) is 0 Å². The van der Waals surface area contributed by atoms with Gasteiger partial charge in [-0.2, -0.15) is 0 Å². The van der Waals surface area contributed by atoms with Crippen LogP contribution in [-0.2, 0) is 5.41 Å². The van der Waals surface area contributed by atoms with Gasteiger partial charge in [-0.3, -0.25) is 0 Å². The van der Waals surface area contributed by atoms with Gasteiger partial charge in [-0.25, -0.2) is 0 Å². The molecule has 10 aromatic carbocycles. The molecule has 1 heterocycles. The number of hydrogen-bond acceptors (Lipinski definition) is 1. The molecule has 0 unspecified atom stereocenters. The predicted octanol–water partition coefficient (Wildman–Crippen LogP) is 16.0. The lowest BCUT2D eigenvalue weighted by atomic mass is 9.68. The van der Waals surface area contributed by atoms with Crippen molar-refractivity contribution < 1.29 is 0 Å². The highest BCUT2D eigenvalue weighted by atomic mass is 15.1. The van der Waals surface area contributed by atoms with Crippen LogP contribution in [0.4, 0.5) is 17.1 Å². The Morgan fingerprint density at radius 1 is 0.317 bits per heavy atom. The Morgan fingerprint density at radius 2 is 0.778 bits per heavy atom. The van der Waals surface area contributed by atoms with E-state index in [-0.39, 0.29) is 0 Å². The molecule has 11 aromatic rings. The fraction of sp³-hybridized carbons (Fsp3) is 0.0164. The highest BCUT2D eigenvalue weighted by Gasteiger charge is 2.47. The van der Waals surface area contributed by atoms with Gasteiger partial charge >= 0.3 is 0 Å². The zero-order valence-electron chi connectivity index (χ0n) is 34.6. The first-order chi connectivity index (χ1) is 31.3. The molecule has 0 saturated heterocycles. The maximum atomic E-state index is 2.52. The Hall–Kier alpha value is -8.20. The van der Waals surface area contributed by atoms with E-state index in [4.69, 9.17) is 0 Å². The molecule has 0 fully saturated rings. The molecule has 1 aliphatic rings. The van der Waals surface area contributed by atoms with Crippen LogP contribution in [0.5, 0.6) is 0 Å². The number of hydrogen-bond donors (Lipinski definition) is 0. The number of aromatic nitrogens is 1. The number of nitrogens with zero attached hydrogens (tertiary/aromatic N) is 2. The summed E-state index contributed by atoms with van der Waals surface area (Å²) in [7, 11) is 0. The zero-order valence-corrected chi connectivity index (χ0v) is 34.6. The van der Waals surface area contributed by atoms with Crippen LogP contribution < -0.4 is 4.90 Å². The molecule has 0 atom stereocenters. The molecule has 0 saturated carbocycles. The van der Waals surface area contributed by atoms with Crippen LogP contribution in [0.2, 0.25) is 0 Å². The molecule has 1 aliphatic carbocycles. The fourth-order valence-electron chi connectivity index (χ4n) is 10.3. The average molecular weight is 803 g/mol. The smallest absolute Gasteiger partial charge is 0.0714 e. The van der Waals surface area contributed by atoms with Crippen molar-refractivity contribution in [2.45, 2.75) is 5.41 Å². The normalized spacial score (nSPS) is 12.6. The van der Waals surface area contributed by atoms with Gasteiger partial charge in [0.05, 0.1) is 22.1 Å². The SMILES string of the molecule is c1ccc(-c2ccc(N(c3ccc(-c4ccccc4)cc3)c3ccc4c5ccccc5n(-c5cccc6c5-c5ccccc5C6(c5ccccc5)c5ccccc5)c4c3)cc2)cc1. The van der Waals surface area contributed by atoms with Crippen molar-refractivity contribution in [2.75, 3.05) is 4.90 Å². The second-order valence-corrected chi connectivity index (χ2v) is 16.4. The quantitative estimate of drug-likeness (QED) is 0.149. The van der Waals surface area contributed by atoms with Gasteiger partial charge in [-0.15, -0.1) is 0 Å². The maximum Gasteiger partial charge on any atom is 0.0714 e. The number of anilines is 3. The molecular formula is C61H42N2. The first-order valence-electron chi connectivity index (χ1n) is 21.8. The first-order valence-corrected chi connectivity index (χ1v) is 21.8. The van der Waals surface area contributed by atoms with Gasteiger partial charge in [-0.05, 0) is 98.6 Å². The lowest BCUT2D eigenvalue weighted by Crippen LogP contribution is -2.28. The molecular weight excluding hydrogens is 761 g/mol. The second-order valence-electron chi connectivity index (χ2n) is 16.4. The van der Waals surface area contributed by atoms with Crippen molar-refractivity contribution in [3.8, 4) is 39.1 Å². The molecule has 0 bridgehead atoms. The summed E-state index contributed by atoms with van der Waals surface area (Å²) >= 11 is 0. The van der Waals surface area contributed by atoms with Gasteiger partial charge in [0.25, 0.3) is 0 Å². The molecule has 0 radical (unpaired) electrons. The number of benzene rings is 10. The van der Waals surface area contributed by atoms with Gasteiger partial charge < -0.3 is 9.47 Å². The fourth-order valence-corrected chi connectivity index (χ4v) is 10.3. The Labute approximate surface area is 368 Å². The largest absolute Gasteiger partial charge is 0.310 e. The van der Waals surface area contributed by atoms with Gasteiger partial charge in [0.2, 0.25) is 0 Å². The Kier molecular flexibility index (Phi) is 8.76. The van der Waals surface area contributed by atoms with E-state index in [2.05, 4.69) is 264 Å². The number of para-hydroxylation sites is 1. The molecule has 296 valence electrons. The lowest BCUT2D eigenvalue weighted by molar-refractivity contribution is 0.768. The predicted molar refractivity (Wildman–Crippen MR) is 264 cm³/mol. The van der Waals surface area contributed by atoms with Crippen LogP contribution >= 0.6 is 0 Å². The van der Waals surface area contributed by atoms with Crippen molar-refractivity contribution in [3.05, 3.63) is 277 Å². The van der Waals surface area contributed by atoms with Crippen molar-refractivity contribution in [1.29, 1.82) is 0 Å². The third kappa shape index (κ3) is 5.87. The number of fused-ring (bicyclic) bond motifs is 6. The average Bonchev–Trinajstić information content (AvgIpc) is 3.86. The van der Waals surface area contributed by atoms with Gasteiger partial charge in [0.15, 0.2) is 0 Å². The summed E-state index contributed by atoms with van der Waals surface area (Å²) in [5.74, 6) is 0. The van der Waals surface area contributed by atoms with Crippen molar-refractivity contribution in [3.63, 3.8) is 0 Å². The highest BCUT2D eigenvalue weighted by Crippen LogP contribution is 2.58. The Bertz CT molecular complexity index is 3280. The third-order valence-corrected chi connectivity index (χ3v) is 13.1. The summed E-state index contributed by atoms with van der Waals surface area (Å²) in [4.78, 5) is 2.39. The van der Waals surface area contributed by atoms with Crippen LogP contribution in [0.25, 0.3) is 60.9 Å². The monoisotopic (exact) mass is 802 g/mol. The number of rotatable bonds is 8. The van der Waals surface area contributed by atoms with Crippen molar-refractivity contribution >= 4 is 38.9 Å². The minimum Gasteiger partial charge on any atom is -0.310 e. The van der Waals surface area contributed by atoms with E-state index in [0.29, 0.717) is 0 Å². The molecule has 63 heavy (non-hydrogen) atoms. The molecule has 0 N–H and O–H groups in total. The maximum absolute atomic E-state index is 2.52. The first kappa shape index (κ1) is 36.6. The molecule has 1 aromatic heterocycles. The van der Waals surface area contributed by atoms with Crippen LogP contribution in [-0.4, -0.2) is 4.57 Å². The summed E-state index contributed by atoms with van der Waals surface area (Å²) in [6, 6.07) is 93.2. The highest BCUT2D eigenvalue weighted by molar-refractivity contribution is 6.11. The third-order valence-electron chi connectivity index (χ3n) is 13.1. The van der Waals surface area contributed by atoms with Crippen LogP contribution in [0.1, 0.15) is 22.3 Å². The zero-order chi connectivity index (χ0) is 41.7. The Balaban J connectivity index is 1.09. The topological polar surface area (TPSA) is 8.17 Å². The standard InChI is InChI=1S/C61H42N2/c1-5-18-43(19-6-1)45-32-36-49(37-33-45)62(50-38-34-46(35-39-50)44-20-7-2-8-21-44)51-40-41-53-52-26-14-16-30-57(52)63(59(53)42-51)58-31-17-29-56-60(58)54-27-13-15-28-55(54)61(56,47-22-9-3-10-23-47)48-24-11-4-12-25-48/h1-42H. The van der Waals surface area contributed by atoms with Crippen LogP contribution in [0, 0.1) is 0 Å². The molecule has 12 rings (SSSR count). The van der Waals surface area contributed by atoms with Gasteiger partial charge in [-0.1, -0.05) is 206 Å². The molecule has 0 spiro atoms. The van der Waals surface area contributed by atoms with E-state index in [0.717, 1.165) is 22.6 Å². The summed E-state index contributed by atoms with van der Waals surface area (Å²) in [6.45, 7) is 0. The molecule has 2 heteroatoms. The Morgan fingerprint density at radius 3 is 1.38 bits per heavy atom. The van der Waals surface area contributed by atoms with E-state index in [9.17, 15) is 0 Å². The van der Waals surface area contributed by atoms with E-state index >= 15 is 0 Å². The summed E-state index contributed by atoms with van der Waals surface area (Å²) < 4.78 is 2.52. The minimum absolute atomic E-state index is 0.497. The summed E-state index contributed by atoms with van der Waals surface area (Å²) in [5, 5.41) is 2.45. The van der Waals surface area contributed by atoms with E-state index in [1.807, 2.05) is 0 Å².